The van der Waals surface area contributed by atoms with Crippen LogP contribution in [0.25, 0.3) is 0 Å². The van der Waals surface area contributed by atoms with E-state index in [9.17, 15) is 0 Å². The minimum absolute atomic E-state index is 0.239. The third-order valence-electron chi connectivity index (χ3n) is 2.71. The fourth-order valence-electron chi connectivity index (χ4n) is 1.78. The highest BCUT2D eigenvalue weighted by Crippen LogP contribution is 2.20. The molecule has 0 aliphatic rings. The summed E-state index contributed by atoms with van der Waals surface area (Å²) in [5.41, 5.74) is 2.27. The molecule has 0 radical (unpaired) electrons. The van der Waals surface area contributed by atoms with Crippen LogP contribution in [0.3, 0.4) is 0 Å². The van der Waals surface area contributed by atoms with Gasteiger partial charge in [-0.25, -0.2) is 4.98 Å². The summed E-state index contributed by atoms with van der Waals surface area (Å²) in [6.07, 6.45) is 2.01. The van der Waals surface area contributed by atoms with E-state index in [1.54, 1.807) is 0 Å². The molecular weight excluding hydrogens is 278 g/mol. The van der Waals surface area contributed by atoms with E-state index in [0.717, 1.165) is 16.1 Å². The van der Waals surface area contributed by atoms with Gasteiger partial charge < -0.3 is 9.88 Å². The number of benzene rings is 1. The summed E-state index contributed by atoms with van der Waals surface area (Å²) in [5.74, 6) is 0.901. The Kier molecular flexibility index (Phi) is 3.52. The van der Waals surface area contributed by atoms with Gasteiger partial charge in [-0.15, -0.1) is 0 Å². The molecule has 1 aromatic heterocycles. The molecule has 1 atom stereocenters. The van der Waals surface area contributed by atoms with Gasteiger partial charge in [0.05, 0.1) is 11.7 Å². The fourth-order valence-corrected chi connectivity index (χ4v) is 2.04. The summed E-state index contributed by atoms with van der Waals surface area (Å²) < 4.78 is 3.10. The molecule has 2 aromatic rings. The predicted molar refractivity (Wildman–Crippen MR) is 74.1 cm³/mol. The maximum Gasteiger partial charge on any atom is 0.203 e. The third kappa shape index (κ3) is 2.88. The smallest absolute Gasteiger partial charge is 0.203 e. The standard InChI is InChI=1S/C13H16BrN3/c1-9-8-17(3)13(15-9)16-10(2)11-4-6-12(14)7-5-11/h4-8,10H,1-3H3,(H,15,16). The van der Waals surface area contributed by atoms with Gasteiger partial charge in [-0.05, 0) is 31.5 Å². The first-order chi connectivity index (χ1) is 8.06. The van der Waals surface area contributed by atoms with Gasteiger partial charge in [0.25, 0.3) is 0 Å². The van der Waals surface area contributed by atoms with Crippen LogP contribution in [-0.4, -0.2) is 9.55 Å². The molecule has 90 valence electrons. The molecule has 0 amide bonds. The lowest BCUT2D eigenvalue weighted by molar-refractivity contribution is 0.823. The molecule has 1 N–H and O–H groups in total. The SMILES string of the molecule is Cc1cn(C)c(NC(C)c2ccc(Br)cc2)n1. The third-order valence-corrected chi connectivity index (χ3v) is 3.24. The van der Waals surface area contributed by atoms with E-state index < -0.39 is 0 Å². The zero-order chi connectivity index (χ0) is 12.4. The summed E-state index contributed by atoms with van der Waals surface area (Å²) >= 11 is 3.44. The largest absolute Gasteiger partial charge is 0.349 e. The van der Waals surface area contributed by atoms with Crippen molar-refractivity contribution >= 4 is 21.9 Å². The molecule has 0 aliphatic heterocycles. The molecule has 1 unspecified atom stereocenters. The molecule has 0 spiro atoms. The molecule has 0 bridgehead atoms. The maximum atomic E-state index is 4.44. The summed E-state index contributed by atoms with van der Waals surface area (Å²) in [6.45, 7) is 4.13. The lowest BCUT2D eigenvalue weighted by Crippen LogP contribution is -2.10. The normalized spacial score (nSPS) is 12.5. The Morgan fingerprint density at radius 2 is 1.94 bits per heavy atom. The predicted octanol–water partition coefficient (Wildman–Crippen LogP) is 3.66. The Labute approximate surface area is 110 Å². The number of hydrogen-bond acceptors (Lipinski definition) is 2. The van der Waals surface area contributed by atoms with Gasteiger partial charge in [0.1, 0.15) is 0 Å². The van der Waals surface area contributed by atoms with Gasteiger partial charge >= 0.3 is 0 Å². The van der Waals surface area contributed by atoms with Crippen molar-refractivity contribution in [1.82, 2.24) is 9.55 Å². The molecule has 1 heterocycles. The van der Waals surface area contributed by atoms with Crippen molar-refractivity contribution < 1.29 is 0 Å². The average Bonchev–Trinajstić information content (AvgIpc) is 2.58. The Hall–Kier alpha value is -1.29. The Morgan fingerprint density at radius 3 is 2.47 bits per heavy atom. The number of imidazole rings is 1. The van der Waals surface area contributed by atoms with Crippen LogP contribution in [0.4, 0.5) is 5.95 Å². The van der Waals surface area contributed by atoms with Crippen molar-refractivity contribution in [2.75, 3.05) is 5.32 Å². The zero-order valence-corrected chi connectivity index (χ0v) is 11.8. The lowest BCUT2D eigenvalue weighted by Gasteiger charge is -2.15. The van der Waals surface area contributed by atoms with Crippen molar-refractivity contribution in [2.45, 2.75) is 19.9 Å². The fraction of sp³-hybridized carbons (Fsp3) is 0.308. The monoisotopic (exact) mass is 293 g/mol. The molecule has 4 heteroatoms. The average molecular weight is 294 g/mol. The van der Waals surface area contributed by atoms with Gasteiger partial charge in [-0.3, -0.25) is 0 Å². The molecular formula is C13H16BrN3. The number of rotatable bonds is 3. The highest BCUT2D eigenvalue weighted by molar-refractivity contribution is 9.10. The van der Waals surface area contributed by atoms with Gasteiger partial charge in [0.15, 0.2) is 0 Å². The van der Waals surface area contributed by atoms with E-state index in [0.29, 0.717) is 0 Å². The zero-order valence-electron chi connectivity index (χ0n) is 10.2. The second-order valence-electron chi connectivity index (χ2n) is 4.23. The van der Waals surface area contributed by atoms with Gasteiger partial charge in [-0.1, -0.05) is 28.1 Å². The molecule has 0 fully saturated rings. The van der Waals surface area contributed by atoms with Gasteiger partial charge in [0, 0.05) is 17.7 Å². The lowest BCUT2D eigenvalue weighted by atomic mass is 10.1. The van der Waals surface area contributed by atoms with E-state index in [1.165, 1.54) is 5.56 Å². The van der Waals surface area contributed by atoms with Crippen LogP contribution in [0.5, 0.6) is 0 Å². The number of halogens is 1. The van der Waals surface area contributed by atoms with Gasteiger partial charge in [0.2, 0.25) is 5.95 Å². The summed E-state index contributed by atoms with van der Waals surface area (Å²) in [6, 6.07) is 8.56. The van der Waals surface area contributed by atoms with Crippen molar-refractivity contribution in [3.05, 3.63) is 46.2 Å². The van der Waals surface area contributed by atoms with Crippen LogP contribution in [-0.2, 0) is 7.05 Å². The molecule has 2 rings (SSSR count). The number of aryl methyl sites for hydroxylation is 2. The minimum Gasteiger partial charge on any atom is -0.349 e. The Morgan fingerprint density at radius 1 is 1.29 bits per heavy atom. The van der Waals surface area contributed by atoms with Crippen LogP contribution in [0.2, 0.25) is 0 Å². The number of hydrogen-bond donors (Lipinski definition) is 1. The molecule has 1 aromatic carbocycles. The first-order valence-corrected chi connectivity index (χ1v) is 6.37. The Balaban J connectivity index is 2.13. The van der Waals surface area contributed by atoms with Crippen LogP contribution in [0, 0.1) is 6.92 Å². The molecule has 0 aliphatic carbocycles. The summed E-state index contributed by atoms with van der Waals surface area (Å²) in [5, 5.41) is 3.40. The second-order valence-corrected chi connectivity index (χ2v) is 5.15. The number of anilines is 1. The van der Waals surface area contributed by atoms with Crippen molar-refractivity contribution in [3.8, 4) is 0 Å². The van der Waals surface area contributed by atoms with Crippen LogP contribution < -0.4 is 5.32 Å². The highest BCUT2D eigenvalue weighted by Gasteiger charge is 2.08. The molecule has 17 heavy (non-hydrogen) atoms. The van der Waals surface area contributed by atoms with E-state index in [2.05, 4.69) is 57.4 Å². The highest BCUT2D eigenvalue weighted by atomic mass is 79.9. The maximum absolute atomic E-state index is 4.44. The van der Waals surface area contributed by atoms with Crippen LogP contribution >= 0.6 is 15.9 Å². The summed E-state index contributed by atoms with van der Waals surface area (Å²) in [4.78, 5) is 4.44. The molecule has 0 saturated heterocycles. The quantitative estimate of drug-likeness (QED) is 0.936. The number of nitrogens with one attached hydrogen (secondary N) is 1. The number of aromatic nitrogens is 2. The molecule has 0 saturated carbocycles. The second kappa shape index (κ2) is 4.92. The van der Waals surface area contributed by atoms with Crippen LogP contribution in [0.15, 0.2) is 34.9 Å². The van der Waals surface area contributed by atoms with Gasteiger partial charge in [-0.2, -0.15) is 0 Å². The number of nitrogens with zero attached hydrogens (tertiary/aromatic N) is 2. The summed E-state index contributed by atoms with van der Waals surface area (Å²) in [7, 11) is 2.00. The van der Waals surface area contributed by atoms with E-state index in [-0.39, 0.29) is 6.04 Å². The van der Waals surface area contributed by atoms with Crippen molar-refractivity contribution in [3.63, 3.8) is 0 Å². The van der Waals surface area contributed by atoms with E-state index in [4.69, 9.17) is 0 Å². The van der Waals surface area contributed by atoms with Crippen molar-refractivity contribution in [2.24, 2.45) is 7.05 Å². The first kappa shape index (κ1) is 12.2. The topological polar surface area (TPSA) is 29.9 Å². The van der Waals surface area contributed by atoms with Crippen molar-refractivity contribution in [1.29, 1.82) is 0 Å². The van der Waals surface area contributed by atoms with E-state index >= 15 is 0 Å². The first-order valence-electron chi connectivity index (χ1n) is 5.58. The van der Waals surface area contributed by atoms with E-state index in [1.807, 2.05) is 24.7 Å². The minimum atomic E-state index is 0.239. The van der Waals surface area contributed by atoms with Crippen LogP contribution in [0.1, 0.15) is 24.2 Å². The Bertz CT molecular complexity index is 502. The molecule has 3 nitrogen and oxygen atoms in total.